The Morgan fingerprint density at radius 1 is 0.326 bits per heavy atom. The number of aromatic nitrogens is 7. The molecule has 0 saturated carbocycles. The molecule has 0 aliphatic heterocycles. The van der Waals surface area contributed by atoms with E-state index in [1.54, 1.807) is 186 Å². The van der Waals surface area contributed by atoms with E-state index in [4.69, 9.17) is 69.0 Å². The summed E-state index contributed by atoms with van der Waals surface area (Å²) in [5.41, 5.74) is 19.1. The molecule has 14 aromatic heterocycles. The lowest BCUT2D eigenvalue weighted by atomic mass is 9.94. The zero-order chi connectivity index (χ0) is 104. The fraction of sp³-hybridized carbons (Fsp3) is 0.274. The number of thiophene rings is 7. The number of halogens is 5. The molecule has 0 spiro atoms. The Morgan fingerprint density at radius 3 is 1.04 bits per heavy atom. The Bertz CT molecular complexity index is 7220. The fourth-order valence-corrected chi connectivity index (χ4v) is 19.2. The van der Waals surface area contributed by atoms with Gasteiger partial charge >= 0.3 is 0 Å². The third-order valence-electron chi connectivity index (χ3n) is 19.0. The molecule has 720 valence electrons. The van der Waals surface area contributed by atoms with Gasteiger partial charge < -0.3 is 21.7 Å². The highest BCUT2D eigenvalue weighted by Gasteiger charge is 2.25. The standard InChI is InChI=1S/3C17H17ClN2OS.C16H13ClN2S.C16H14N2S.C15H15ClN2S.C15H15NS/c1-17(2,3)14-8-12(15(18)22-14)6-5-11-7-13(10-20-9-11)16(21)19-4;1-17(2,3)14-10-12(15(18)22-14)6-5-11-7-8-20-13(9-11)16(21)19-4;1-11(21)20-15-9-12(7-8-19-15)5-6-13-10-14(17(2,3)4)22-16(13)18;1-16(2,3)14-9-12(15(17)20-14)5-4-11-6-7-19-13(8-11)10-18;1-16(2,3)15-10-13(14(11-17)19-15)5-4-12-6-8-18-9-7-12;1-15(2,3)12-9-11(14(16)19-12)5-4-10-6-7-18-13(17)8-10;1-15(2,3)14-10-13(11-17-14)5-4-12-6-8-16-9-7-12/h2*7-10H,1-4H3,(H,19,21);7-10H,1-4H3,(H,19,20,21);6-9H,1-3H3;6-10H,1-3H3;6-9H,1-3H3,(H2,17,18);6-11H,1-3H3. The number of carbonyl (C=O) groups excluding carboxylic acids is 3. The van der Waals surface area contributed by atoms with Crippen molar-refractivity contribution >= 4 is 167 Å². The molecule has 5 N–H and O–H groups in total. The minimum Gasteiger partial charge on any atom is -0.384 e. The van der Waals surface area contributed by atoms with Crippen molar-refractivity contribution in [1.82, 2.24) is 45.5 Å². The fourth-order valence-electron chi connectivity index (χ4n) is 11.1. The van der Waals surface area contributed by atoms with Crippen molar-refractivity contribution in [3.8, 4) is 95.0 Å². The zero-order valence-corrected chi connectivity index (χ0v) is 92.5. The van der Waals surface area contributed by atoms with Crippen LogP contribution in [0.2, 0.25) is 21.7 Å². The first-order valence-corrected chi connectivity index (χ1v) is 51.6. The van der Waals surface area contributed by atoms with Gasteiger partial charge in [-0.2, -0.15) is 10.5 Å². The molecule has 141 heavy (non-hydrogen) atoms. The monoisotopic (exact) mass is 2090 g/mol. The summed E-state index contributed by atoms with van der Waals surface area (Å²) in [5, 5.41) is 27.8. The van der Waals surface area contributed by atoms with E-state index in [1.807, 2.05) is 66.7 Å². The van der Waals surface area contributed by atoms with Crippen LogP contribution in [-0.4, -0.2) is 66.7 Å². The zero-order valence-electron chi connectivity index (χ0n) is 83.0. The Kier molecular flexibility index (Phi) is 41.8. The molecule has 0 aromatic carbocycles. The van der Waals surface area contributed by atoms with Crippen molar-refractivity contribution in [2.75, 3.05) is 25.1 Å². The van der Waals surface area contributed by atoms with E-state index in [2.05, 4.69) is 303 Å². The first-order chi connectivity index (χ1) is 66.2. The topological polar surface area (TPSA) is 251 Å². The van der Waals surface area contributed by atoms with Gasteiger partial charge in [0, 0.05) is 167 Å². The highest BCUT2D eigenvalue weighted by molar-refractivity contribution is 7.18. The van der Waals surface area contributed by atoms with Crippen molar-refractivity contribution in [1.29, 1.82) is 10.5 Å². The molecule has 0 radical (unpaired) electrons. The average Bonchev–Trinajstić information content (AvgIpc) is 1.71. The molecule has 0 aliphatic carbocycles. The van der Waals surface area contributed by atoms with E-state index in [0.717, 1.165) is 76.7 Å². The van der Waals surface area contributed by atoms with Gasteiger partial charge in [0.1, 0.15) is 61.7 Å². The van der Waals surface area contributed by atoms with Gasteiger partial charge in [0.05, 0.1) is 38.9 Å². The lowest BCUT2D eigenvalue weighted by Gasteiger charge is -2.14. The number of rotatable bonds is 3. The molecule has 0 fully saturated rings. The van der Waals surface area contributed by atoms with Gasteiger partial charge in [-0.1, -0.05) is 286 Å². The molecule has 14 rings (SSSR count). The second kappa shape index (κ2) is 51.8. The molecular weight excluding hydrogens is 1990 g/mol. The number of nitriles is 2. The van der Waals surface area contributed by atoms with Crippen molar-refractivity contribution in [2.45, 2.75) is 190 Å². The van der Waals surface area contributed by atoms with E-state index in [0.29, 0.717) is 56.4 Å². The lowest BCUT2D eigenvalue weighted by Crippen LogP contribution is -2.19. The number of hydrogen-bond acceptors (Lipinski definition) is 20. The third kappa shape index (κ3) is 37.5. The van der Waals surface area contributed by atoms with Crippen LogP contribution in [0.1, 0.15) is 296 Å². The van der Waals surface area contributed by atoms with Crippen LogP contribution in [0.3, 0.4) is 0 Å². The maximum atomic E-state index is 11.6. The van der Waals surface area contributed by atoms with Crippen LogP contribution in [0, 0.1) is 106 Å². The number of pyridine rings is 7. The SMILES string of the molecule is CC(=O)Nc1cc(C#Cc2cc(C(C)(C)C)sc2Cl)ccn1.CC(C)(C)c1cc(C#Cc2ccnc(C#N)c2)c(Cl)s1.CC(C)(C)c1cc(C#Cc2ccnc(N)c2)c(Cl)s1.CC(C)(C)c1cc(C#Cc2ccncc2)c(C#N)s1.CC(C)(C)c1cc(C#Cc2ccncc2)cs1.CNC(=O)c1cc(C#Cc2cc(C(C)(C)C)sc2Cl)ccn1.CNC(=O)c1cncc(C#Cc2cc(C(C)(C)C)sc2Cl)c1. The number of anilines is 2. The third-order valence-corrected chi connectivity index (χ3v) is 30.7. The van der Waals surface area contributed by atoms with Crippen molar-refractivity contribution in [3.05, 3.63) is 344 Å². The van der Waals surface area contributed by atoms with Crippen molar-refractivity contribution < 1.29 is 14.4 Å². The van der Waals surface area contributed by atoms with Gasteiger partial charge in [-0.05, 0) is 159 Å². The van der Waals surface area contributed by atoms with E-state index in [-0.39, 0.29) is 55.6 Å². The molecule has 3 amide bonds. The number of nitrogen functional groups attached to an aromatic ring is 1. The predicted molar refractivity (Wildman–Crippen MR) is 593 cm³/mol. The Balaban J connectivity index is 0.000000202. The maximum absolute atomic E-state index is 11.6. The van der Waals surface area contributed by atoms with E-state index >= 15 is 0 Å². The van der Waals surface area contributed by atoms with Gasteiger partial charge in [-0.25, -0.2) is 15.0 Å². The summed E-state index contributed by atoms with van der Waals surface area (Å²) < 4.78 is 3.52. The van der Waals surface area contributed by atoms with Crippen LogP contribution in [0.15, 0.2) is 189 Å². The number of hydrogen-bond donors (Lipinski definition) is 4. The van der Waals surface area contributed by atoms with Crippen molar-refractivity contribution in [2.24, 2.45) is 0 Å². The highest BCUT2D eigenvalue weighted by atomic mass is 35.5. The summed E-state index contributed by atoms with van der Waals surface area (Å²) in [6.07, 6.45) is 16.5. The first-order valence-electron chi connectivity index (χ1n) is 43.9. The summed E-state index contributed by atoms with van der Waals surface area (Å²) >= 11 is 42.4. The number of nitrogens with one attached hydrogen (secondary N) is 3. The van der Waals surface area contributed by atoms with Gasteiger partial charge in [0.25, 0.3) is 11.8 Å². The van der Waals surface area contributed by atoms with Crippen molar-refractivity contribution in [3.63, 3.8) is 0 Å². The van der Waals surface area contributed by atoms with Crippen LogP contribution in [0.25, 0.3) is 0 Å². The minimum atomic E-state index is -0.229. The predicted octanol–water partition coefficient (Wildman–Crippen LogP) is 28.2. The lowest BCUT2D eigenvalue weighted by molar-refractivity contribution is -0.114. The Labute approximate surface area is 883 Å². The molecule has 28 heteroatoms. The largest absolute Gasteiger partial charge is 0.384 e. The molecule has 14 aromatic rings. The minimum absolute atomic E-state index is 0.0485. The van der Waals surface area contributed by atoms with Crippen LogP contribution in [0.5, 0.6) is 0 Å². The number of nitrogens with two attached hydrogens (primary N) is 1. The van der Waals surface area contributed by atoms with Crippen LogP contribution in [-0.2, 0) is 42.7 Å². The molecule has 0 atom stereocenters. The molecule has 0 bridgehead atoms. The molecule has 14 heterocycles. The Morgan fingerprint density at radius 2 is 0.660 bits per heavy atom. The summed E-state index contributed by atoms with van der Waals surface area (Å²) in [5.74, 6) is 43.5. The van der Waals surface area contributed by atoms with Crippen LogP contribution < -0.4 is 21.7 Å². The molecular formula is C113H108Cl5N13O3S7. The summed E-state index contributed by atoms with van der Waals surface area (Å²) in [4.78, 5) is 71.4. The van der Waals surface area contributed by atoms with Gasteiger partial charge in [-0.15, -0.1) is 79.4 Å². The van der Waals surface area contributed by atoms with Gasteiger partial charge in [0.2, 0.25) is 5.91 Å². The average molecular weight is 2100 g/mol. The first kappa shape index (κ1) is 114. The summed E-state index contributed by atoms with van der Waals surface area (Å²) in [7, 11) is 3.15. The number of carbonyl (C=O) groups is 3. The number of nitrogens with zero attached hydrogens (tertiary/aromatic N) is 9. The number of amides is 3. The van der Waals surface area contributed by atoms with Gasteiger partial charge in [-0.3, -0.25) is 34.3 Å². The molecule has 0 saturated heterocycles. The maximum Gasteiger partial charge on any atom is 0.269 e. The molecule has 0 aliphatic rings. The quantitative estimate of drug-likeness (QED) is 0.120. The van der Waals surface area contributed by atoms with Crippen LogP contribution in [0.4, 0.5) is 11.6 Å². The highest BCUT2D eigenvalue weighted by Crippen LogP contribution is 2.41. The molecule has 16 nitrogen and oxygen atoms in total. The smallest absolute Gasteiger partial charge is 0.269 e. The van der Waals surface area contributed by atoms with Gasteiger partial charge in [0.15, 0.2) is 0 Å². The Hall–Kier alpha value is -12.5. The summed E-state index contributed by atoms with van der Waals surface area (Å²) in [6, 6.07) is 41.9. The van der Waals surface area contributed by atoms with E-state index < -0.39 is 0 Å². The normalized spacial score (nSPS) is 10.7. The van der Waals surface area contributed by atoms with E-state index in [1.165, 1.54) is 58.6 Å². The van der Waals surface area contributed by atoms with Crippen LogP contribution >= 0.6 is 137 Å². The van der Waals surface area contributed by atoms with E-state index in [9.17, 15) is 19.6 Å². The second-order valence-electron chi connectivity index (χ2n) is 38.3. The second-order valence-corrected chi connectivity index (χ2v) is 48.5. The molecule has 0 unspecified atom stereocenters. The summed E-state index contributed by atoms with van der Waals surface area (Å²) in [6.45, 7) is 46.8.